The summed E-state index contributed by atoms with van der Waals surface area (Å²) in [7, 11) is 0. The molecule has 0 bridgehead atoms. The van der Waals surface area contributed by atoms with Gasteiger partial charge in [-0.2, -0.15) is 0 Å². The molecule has 0 spiro atoms. The van der Waals surface area contributed by atoms with Crippen molar-refractivity contribution in [2.24, 2.45) is 0 Å². The molecule has 7 aromatic carbocycles. The number of fused-ring (bicyclic) bond motifs is 6. The third-order valence-electron chi connectivity index (χ3n) is 9.77. The summed E-state index contributed by atoms with van der Waals surface area (Å²) >= 11 is 0. The molecular formula is C48H34N4. The Kier molecular flexibility index (Phi) is 7.83. The summed E-state index contributed by atoms with van der Waals surface area (Å²) in [5, 5.41) is 7.22. The van der Waals surface area contributed by atoms with E-state index in [0.717, 1.165) is 44.3 Å². The van der Waals surface area contributed by atoms with Crippen LogP contribution in [-0.2, 0) is 0 Å². The van der Waals surface area contributed by atoms with Crippen molar-refractivity contribution in [1.29, 1.82) is 0 Å². The lowest BCUT2D eigenvalue weighted by Crippen LogP contribution is -2.03. The molecule has 0 fully saturated rings. The fraction of sp³-hybridized carbons (Fsp3) is 0.0208. The zero-order chi connectivity index (χ0) is 35.0. The Morgan fingerprint density at radius 3 is 1.98 bits per heavy atom. The zero-order valence-corrected chi connectivity index (χ0v) is 28.7. The van der Waals surface area contributed by atoms with Crippen LogP contribution < -0.4 is 0 Å². The molecule has 246 valence electrons. The number of hydrogen-bond donors (Lipinski definition) is 0. The molecule has 0 saturated heterocycles. The second-order valence-electron chi connectivity index (χ2n) is 12.8. The van der Waals surface area contributed by atoms with Gasteiger partial charge in [-0.05, 0) is 63.9 Å². The lowest BCUT2D eigenvalue weighted by atomic mass is 9.93. The Bertz CT molecular complexity index is 2860. The second-order valence-corrected chi connectivity index (χ2v) is 12.8. The molecule has 2 aromatic heterocycles. The number of aromatic nitrogens is 4. The number of rotatable bonds is 7. The predicted octanol–water partition coefficient (Wildman–Crippen LogP) is 12.4. The minimum atomic E-state index is 0.574. The fourth-order valence-electron chi connectivity index (χ4n) is 7.33. The van der Waals surface area contributed by atoms with Gasteiger partial charge in [-0.3, -0.25) is 0 Å². The van der Waals surface area contributed by atoms with Crippen LogP contribution in [-0.4, -0.2) is 19.5 Å². The van der Waals surface area contributed by atoms with Gasteiger partial charge < -0.3 is 4.57 Å². The summed E-state index contributed by atoms with van der Waals surface area (Å²) in [6.07, 6.45) is 7.75. The lowest BCUT2D eigenvalue weighted by molar-refractivity contribution is 1.04. The van der Waals surface area contributed by atoms with E-state index in [1.165, 1.54) is 32.6 Å². The van der Waals surface area contributed by atoms with Gasteiger partial charge >= 0.3 is 0 Å². The minimum Gasteiger partial charge on any atom is -0.309 e. The van der Waals surface area contributed by atoms with Gasteiger partial charge in [0, 0.05) is 33.2 Å². The summed E-state index contributed by atoms with van der Waals surface area (Å²) < 4.78 is 2.38. The third kappa shape index (κ3) is 5.29. The van der Waals surface area contributed by atoms with E-state index in [1.54, 1.807) is 6.08 Å². The van der Waals surface area contributed by atoms with Crippen molar-refractivity contribution in [3.05, 3.63) is 188 Å². The van der Waals surface area contributed by atoms with E-state index >= 15 is 0 Å². The maximum atomic E-state index is 5.15. The molecule has 0 unspecified atom stereocenters. The van der Waals surface area contributed by atoms with Gasteiger partial charge in [0.1, 0.15) is 0 Å². The molecule has 4 nitrogen and oxygen atoms in total. The highest BCUT2D eigenvalue weighted by Gasteiger charge is 2.20. The molecule has 4 heteroatoms. The summed E-state index contributed by atoms with van der Waals surface area (Å²) in [6.45, 7) is 6.08. The van der Waals surface area contributed by atoms with Gasteiger partial charge in [-0.1, -0.05) is 158 Å². The average Bonchev–Trinajstić information content (AvgIpc) is 3.56. The van der Waals surface area contributed by atoms with Crippen LogP contribution >= 0.6 is 0 Å². The molecule has 2 heterocycles. The van der Waals surface area contributed by atoms with Crippen LogP contribution in [0.25, 0.3) is 88.5 Å². The predicted molar refractivity (Wildman–Crippen MR) is 218 cm³/mol. The smallest absolute Gasteiger partial charge is 0.165 e. The maximum Gasteiger partial charge on any atom is 0.165 e. The Hall–Kier alpha value is -6.91. The molecule has 9 rings (SSSR count). The van der Waals surface area contributed by atoms with E-state index in [2.05, 4.69) is 132 Å². The van der Waals surface area contributed by atoms with E-state index < -0.39 is 0 Å². The SMILES string of the molecule is C=C/C(=C\C=C/C)c1nc(-c2ccccc2)nc(-c2c(-c3ccc(-n4c5ccccc5c5c6ccccc6ccc54)cc3)ccc3ccccc23)n1. The van der Waals surface area contributed by atoms with E-state index in [1.807, 2.05) is 55.5 Å². The first-order chi connectivity index (χ1) is 25.7. The van der Waals surface area contributed by atoms with Gasteiger partial charge in [-0.15, -0.1) is 0 Å². The molecule has 0 saturated carbocycles. The summed E-state index contributed by atoms with van der Waals surface area (Å²) in [5.74, 6) is 1.80. The summed E-state index contributed by atoms with van der Waals surface area (Å²) in [5.41, 5.74) is 8.31. The minimum absolute atomic E-state index is 0.574. The number of hydrogen-bond acceptors (Lipinski definition) is 3. The van der Waals surface area contributed by atoms with Crippen LogP contribution in [0.3, 0.4) is 0 Å². The summed E-state index contributed by atoms with van der Waals surface area (Å²) in [4.78, 5) is 15.2. The Morgan fingerprint density at radius 1 is 0.558 bits per heavy atom. The first-order valence-corrected chi connectivity index (χ1v) is 17.5. The van der Waals surface area contributed by atoms with Gasteiger partial charge in [0.2, 0.25) is 0 Å². The number of nitrogens with zero attached hydrogens (tertiary/aromatic N) is 4. The van der Waals surface area contributed by atoms with Crippen LogP contribution in [0.15, 0.2) is 183 Å². The van der Waals surface area contributed by atoms with Crippen molar-refractivity contribution in [3.63, 3.8) is 0 Å². The van der Waals surface area contributed by atoms with Crippen molar-refractivity contribution in [3.8, 4) is 39.6 Å². The highest BCUT2D eigenvalue weighted by Crippen LogP contribution is 2.40. The van der Waals surface area contributed by atoms with Crippen LogP contribution in [0.5, 0.6) is 0 Å². The number of para-hydroxylation sites is 1. The molecule has 0 aliphatic rings. The quantitative estimate of drug-likeness (QED) is 0.159. The molecule has 0 aliphatic heterocycles. The van der Waals surface area contributed by atoms with Gasteiger partial charge in [-0.25, -0.2) is 15.0 Å². The second kappa shape index (κ2) is 13.1. The lowest BCUT2D eigenvalue weighted by Gasteiger charge is -2.16. The first kappa shape index (κ1) is 31.1. The average molecular weight is 667 g/mol. The number of benzene rings is 7. The van der Waals surface area contributed by atoms with Gasteiger partial charge in [0.15, 0.2) is 17.5 Å². The van der Waals surface area contributed by atoms with Crippen molar-refractivity contribution < 1.29 is 0 Å². The van der Waals surface area contributed by atoms with Gasteiger partial charge in [0.25, 0.3) is 0 Å². The Labute approximate surface area is 302 Å². The topological polar surface area (TPSA) is 43.6 Å². The van der Waals surface area contributed by atoms with Crippen molar-refractivity contribution in [2.45, 2.75) is 6.92 Å². The standard InChI is InChI=1S/C48H34N4/c1-3-5-15-32(4-2)46-49-47(36-18-7-6-8-19-36)51-48(50-46)45-39-21-12-10-16-33(39)26-30-40(45)35-24-28-37(29-25-35)52-42-23-14-13-22-41(42)44-38-20-11-9-17-34(38)27-31-43(44)52/h3-31H,2H2,1H3/b5-3-,32-15+. The van der Waals surface area contributed by atoms with Crippen LogP contribution in [0.1, 0.15) is 12.7 Å². The van der Waals surface area contributed by atoms with Gasteiger partial charge in [0.05, 0.1) is 11.0 Å². The third-order valence-corrected chi connectivity index (χ3v) is 9.77. The largest absolute Gasteiger partial charge is 0.309 e. The van der Waals surface area contributed by atoms with Crippen LogP contribution in [0.2, 0.25) is 0 Å². The van der Waals surface area contributed by atoms with Crippen LogP contribution in [0.4, 0.5) is 0 Å². The Balaban J connectivity index is 1.25. The summed E-state index contributed by atoms with van der Waals surface area (Å²) in [6, 6.07) is 53.6. The normalized spacial score (nSPS) is 12.1. The van der Waals surface area contributed by atoms with E-state index in [0.29, 0.717) is 17.5 Å². The van der Waals surface area contributed by atoms with Crippen LogP contribution in [0, 0.1) is 0 Å². The monoisotopic (exact) mass is 666 g/mol. The van der Waals surface area contributed by atoms with E-state index in [9.17, 15) is 0 Å². The molecule has 0 N–H and O–H groups in total. The molecule has 9 aromatic rings. The zero-order valence-electron chi connectivity index (χ0n) is 28.7. The molecule has 52 heavy (non-hydrogen) atoms. The van der Waals surface area contributed by atoms with Crippen molar-refractivity contribution >= 4 is 48.9 Å². The molecular weight excluding hydrogens is 633 g/mol. The highest BCUT2D eigenvalue weighted by atomic mass is 15.0. The molecule has 0 atom stereocenters. The fourth-order valence-corrected chi connectivity index (χ4v) is 7.33. The van der Waals surface area contributed by atoms with Crippen molar-refractivity contribution in [2.75, 3.05) is 0 Å². The van der Waals surface area contributed by atoms with Crippen molar-refractivity contribution in [1.82, 2.24) is 19.5 Å². The van der Waals surface area contributed by atoms with E-state index in [4.69, 9.17) is 15.0 Å². The first-order valence-electron chi connectivity index (χ1n) is 17.5. The highest BCUT2D eigenvalue weighted by molar-refractivity contribution is 6.21. The molecule has 0 radical (unpaired) electrons. The Morgan fingerprint density at radius 2 is 1.21 bits per heavy atom. The maximum absolute atomic E-state index is 5.15. The molecule has 0 aliphatic carbocycles. The van der Waals surface area contributed by atoms with E-state index in [-0.39, 0.29) is 0 Å². The number of allylic oxidation sites excluding steroid dienone is 5. The molecule has 0 amide bonds.